The number of carbonyl (C=O) groups excluding carboxylic acids is 9. The van der Waals surface area contributed by atoms with E-state index in [-0.39, 0.29) is 25.2 Å². The molecule has 10 N–H and O–H groups in total. The number of carbonyl (C=O) groups is 9. The van der Waals surface area contributed by atoms with Crippen LogP contribution in [0, 0.1) is 5.92 Å². The number of aliphatic hydroxyl groups is 1. The summed E-state index contributed by atoms with van der Waals surface area (Å²) in [6.45, 7) is 5.71. The molecule has 0 unspecified atom stereocenters. The molecule has 2 aromatic carbocycles. The molecule has 20 nitrogen and oxygen atoms in total. The Kier molecular flexibility index (Phi) is 19.6. The molecule has 0 saturated heterocycles. The van der Waals surface area contributed by atoms with Crippen LogP contribution >= 0.6 is 0 Å². The number of amides is 6. The summed E-state index contributed by atoms with van der Waals surface area (Å²) in [6, 6.07) is 6.08. The van der Waals surface area contributed by atoms with E-state index in [0.29, 0.717) is 5.56 Å². The van der Waals surface area contributed by atoms with Crippen LogP contribution in [0.5, 0.6) is 0 Å². The number of quaternary nitrogens is 1. The average molecular weight is 826 g/mol. The molecular weight excluding hydrogens is 774 g/mol. The Balaban J connectivity index is 2.17. The molecule has 322 valence electrons. The fourth-order valence-corrected chi connectivity index (χ4v) is 5.65. The lowest BCUT2D eigenvalue weighted by atomic mass is 10.0. The van der Waals surface area contributed by atoms with Crippen LogP contribution in [0.2, 0.25) is 0 Å². The van der Waals surface area contributed by atoms with Crippen LogP contribution in [0.4, 0.5) is 0 Å². The van der Waals surface area contributed by atoms with E-state index in [1.54, 1.807) is 74.5 Å². The molecule has 0 heterocycles. The van der Waals surface area contributed by atoms with Crippen LogP contribution in [0.15, 0.2) is 60.7 Å². The molecule has 2 rings (SSSR count). The zero-order valence-corrected chi connectivity index (χ0v) is 33.1. The molecule has 0 aliphatic rings. The quantitative estimate of drug-likeness (QED) is 0.0489. The lowest BCUT2D eigenvalue weighted by Gasteiger charge is -2.28. The highest BCUT2D eigenvalue weighted by Gasteiger charge is 2.34. The minimum absolute atomic E-state index is 0.0610. The predicted octanol–water partition coefficient (Wildman–Crippen LogP) is -6.53. The SMILES string of the molecule is CC(C)C[C@H](NC(=O)[C@@H](NC(=O)[C@@H]([NH3+])Cc1ccccc1)[C@@H](C)O)C(=O)N[C@@H](CC(=O)[O-])C(=O)N[C@@H](C)C(=O)N[C@@H](CC(=O)[O-])C(=O)N[C@@H](Cc1ccccc1)C(=O)[O-]. The second-order valence-electron chi connectivity index (χ2n) is 14.4. The van der Waals surface area contributed by atoms with Gasteiger partial charge in [0.2, 0.25) is 29.5 Å². The average Bonchev–Trinajstić information content (AvgIpc) is 3.15. The zero-order valence-electron chi connectivity index (χ0n) is 33.1. The number of benzene rings is 2. The minimum Gasteiger partial charge on any atom is -0.550 e. The summed E-state index contributed by atoms with van der Waals surface area (Å²) in [5.74, 6) is -11.9. The second-order valence-corrected chi connectivity index (χ2v) is 14.4. The number of aliphatic hydroxyl groups excluding tert-OH is 1. The molecule has 2 aromatic rings. The molecular formula is C39H51N7O13-2. The minimum atomic E-state index is -1.91. The van der Waals surface area contributed by atoms with Gasteiger partial charge in [-0.3, -0.25) is 28.8 Å². The van der Waals surface area contributed by atoms with Gasteiger partial charge in [0, 0.05) is 31.2 Å². The molecule has 0 aliphatic heterocycles. The van der Waals surface area contributed by atoms with Gasteiger partial charge in [0.05, 0.1) is 18.1 Å². The van der Waals surface area contributed by atoms with Crippen LogP contribution in [-0.4, -0.2) is 107 Å². The standard InChI is InChI=1S/C39H53N7O13/c1-20(2)15-26(44-38(57)32(22(4)47)46-34(53)25(40)16-23-11-7-5-8-12-23)36(55)43-27(18-30(48)49)35(54)41-21(3)33(52)42-28(19-31(50)51)37(56)45-29(39(58)59)17-24-13-9-6-10-14-24/h5-14,20-22,25-29,32,47H,15-19,40H2,1-4H3,(H,41,54)(H,42,52)(H,43,55)(H,44,57)(H,45,56)(H,46,53)(H,48,49)(H,50,51)(H,58,59)/p-2/t21-,22+,25-,26-,27-,28-,29-,32-/m0/s1. The molecule has 0 fully saturated rings. The fourth-order valence-electron chi connectivity index (χ4n) is 5.65. The normalized spacial score (nSPS) is 15.0. The van der Waals surface area contributed by atoms with Crippen molar-refractivity contribution in [3.05, 3.63) is 71.8 Å². The van der Waals surface area contributed by atoms with Crippen LogP contribution in [0.1, 0.15) is 58.1 Å². The molecule has 0 saturated carbocycles. The first-order chi connectivity index (χ1) is 27.7. The third-order valence-corrected chi connectivity index (χ3v) is 8.74. The van der Waals surface area contributed by atoms with Gasteiger partial charge in [-0.2, -0.15) is 0 Å². The van der Waals surface area contributed by atoms with Crippen LogP contribution in [0.3, 0.4) is 0 Å². The van der Waals surface area contributed by atoms with E-state index in [1.165, 1.54) is 6.92 Å². The number of hydrogen-bond acceptors (Lipinski definition) is 13. The van der Waals surface area contributed by atoms with E-state index in [2.05, 4.69) is 37.6 Å². The maximum Gasteiger partial charge on any atom is 0.279 e. The number of nitrogens with one attached hydrogen (secondary N) is 6. The molecule has 0 bridgehead atoms. The van der Waals surface area contributed by atoms with Gasteiger partial charge >= 0.3 is 0 Å². The van der Waals surface area contributed by atoms with Crippen molar-refractivity contribution in [3.63, 3.8) is 0 Å². The van der Waals surface area contributed by atoms with Crippen molar-refractivity contribution in [2.45, 2.75) is 108 Å². The maximum atomic E-state index is 13.5. The van der Waals surface area contributed by atoms with Gasteiger partial charge in [-0.25, -0.2) is 0 Å². The fraction of sp³-hybridized carbons (Fsp3) is 0.462. The van der Waals surface area contributed by atoms with E-state index < -0.39 is 115 Å². The van der Waals surface area contributed by atoms with Gasteiger partial charge in [0.1, 0.15) is 30.2 Å². The maximum absolute atomic E-state index is 13.5. The van der Waals surface area contributed by atoms with Crippen molar-refractivity contribution >= 4 is 53.4 Å². The van der Waals surface area contributed by atoms with Crippen molar-refractivity contribution in [2.75, 3.05) is 0 Å². The number of carboxylic acid groups (broad SMARTS) is 3. The summed E-state index contributed by atoms with van der Waals surface area (Å²) < 4.78 is 0. The molecule has 0 radical (unpaired) electrons. The van der Waals surface area contributed by atoms with E-state index in [4.69, 9.17) is 0 Å². The first kappa shape index (κ1) is 48.7. The third-order valence-electron chi connectivity index (χ3n) is 8.74. The van der Waals surface area contributed by atoms with E-state index in [9.17, 15) is 63.6 Å². The van der Waals surface area contributed by atoms with Crippen LogP contribution < -0.4 is 53.0 Å². The van der Waals surface area contributed by atoms with Crippen LogP contribution in [-0.2, 0) is 56.0 Å². The van der Waals surface area contributed by atoms with Gasteiger partial charge in [0.25, 0.3) is 5.91 Å². The van der Waals surface area contributed by atoms with Gasteiger partial charge in [-0.05, 0) is 43.7 Å². The Morgan fingerprint density at radius 3 is 1.42 bits per heavy atom. The van der Waals surface area contributed by atoms with Crippen molar-refractivity contribution in [2.24, 2.45) is 5.92 Å². The van der Waals surface area contributed by atoms with Crippen LogP contribution in [0.25, 0.3) is 0 Å². The predicted molar refractivity (Wildman–Crippen MR) is 200 cm³/mol. The smallest absolute Gasteiger partial charge is 0.279 e. The summed E-state index contributed by atoms with van der Waals surface area (Å²) >= 11 is 0. The van der Waals surface area contributed by atoms with Gasteiger partial charge in [0.15, 0.2) is 6.04 Å². The number of hydrogen-bond donors (Lipinski definition) is 8. The Morgan fingerprint density at radius 2 is 0.966 bits per heavy atom. The summed E-state index contributed by atoms with van der Waals surface area (Å²) in [6.07, 6.45) is -3.76. The van der Waals surface area contributed by atoms with E-state index in [0.717, 1.165) is 12.5 Å². The van der Waals surface area contributed by atoms with Crippen molar-refractivity contribution in [3.8, 4) is 0 Å². The second kappa shape index (κ2) is 23.7. The van der Waals surface area contributed by atoms with E-state index >= 15 is 0 Å². The first-order valence-corrected chi connectivity index (χ1v) is 18.7. The van der Waals surface area contributed by atoms with Gasteiger partial charge in [-0.1, -0.05) is 74.5 Å². The molecule has 0 aliphatic carbocycles. The lowest BCUT2D eigenvalue weighted by molar-refractivity contribution is -0.403. The Bertz CT molecular complexity index is 1790. The third kappa shape index (κ3) is 17.3. The molecule has 0 aromatic heterocycles. The molecule has 0 spiro atoms. The Morgan fingerprint density at radius 1 is 0.542 bits per heavy atom. The molecule has 8 atom stereocenters. The largest absolute Gasteiger partial charge is 0.550 e. The highest BCUT2D eigenvalue weighted by molar-refractivity contribution is 5.98. The van der Waals surface area contributed by atoms with Crippen molar-refractivity contribution in [1.82, 2.24) is 31.9 Å². The Labute approximate surface area is 340 Å². The van der Waals surface area contributed by atoms with E-state index in [1.807, 2.05) is 0 Å². The molecule has 6 amide bonds. The lowest BCUT2D eigenvalue weighted by Crippen LogP contribution is -2.70. The Hall–Kier alpha value is -6.41. The topological polar surface area (TPSA) is 343 Å². The van der Waals surface area contributed by atoms with Gasteiger partial charge < -0.3 is 72.4 Å². The molecule has 20 heteroatoms. The number of carboxylic acids is 3. The first-order valence-electron chi connectivity index (χ1n) is 18.7. The highest BCUT2D eigenvalue weighted by Crippen LogP contribution is 2.09. The zero-order chi connectivity index (χ0) is 44.4. The van der Waals surface area contributed by atoms with Gasteiger partial charge in [-0.15, -0.1) is 0 Å². The monoisotopic (exact) mass is 825 g/mol. The summed E-state index contributed by atoms with van der Waals surface area (Å²) in [5.41, 5.74) is 5.12. The summed E-state index contributed by atoms with van der Waals surface area (Å²) in [4.78, 5) is 114. The summed E-state index contributed by atoms with van der Waals surface area (Å²) in [5, 5.41) is 58.6. The van der Waals surface area contributed by atoms with Crippen molar-refractivity contribution < 1.29 is 69.3 Å². The summed E-state index contributed by atoms with van der Waals surface area (Å²) in [7, 11) is 0. The number of rotatable bonds is 24. The highest BCUT2D eigenvalue weighted by atomic mass is 16.4. The molecule has 59 heavy (non-hydrogen) atoms. The van der Waals surface area contributed by atoms with Crippen molar-refractivity contribution in [1.29, 1.82) is 0 Å². The number of aliphatic carboxylic acids is 3.